The smallest absolute Gasteiger partial charge is 0.215 e. The van der Waals surface area contributed by atoms with Gasteiger partial charge in [0, 0.05) is 6.54 Å². The van der Waals surface area contributed by atoms with Gasteiger partial charge in [-0.25, -0.2) is 13.1 Å². The molecular weight excluding hydrogens is 274 g/mol. The summed E-state index contributed by atoms with van der Waals surface area (Å²) in [7, 11) is -3.27. The van der Waals surface area contributed by atoms with E-state index in [9.17, 15) is 8.42 Å². The number of aliphatic hydroxyl groups is 1. The normalized spacial score (nSPS) is 20.9. The van der Waals surface area contributed by atoms with Crippen molar-refractivity contribution >= 4 is 10.0 Å². The van der Waals surface area contributed by atoms with Crippen molar-refractivity contribution in [1.82, 2.24) is 4.72 Å². The summed E-state index contributed by atoms with van der Waals surface area (Å²) >= 11 is 0. The molecule has 0 bridgehead atoms. The summed E-state index contributed by atoms with van der Waals surface area (Å²) in [5.41, 5.74) is 1.84. The molecule has 5 heteroatoms. The molecule has 20 heavy (non-hydrogen) atoms. The second-order valence-corrected chi connectivity index (χ2v) is 8.00. The first-order chi connectivity index (χ1) is 9.53. The third-order valence-corrected chi connectivity index (χ3v) is 5.84. The van der Waals surface area contributed by atoms with Crippen molar-refractivity contribution in [2.75, 3.05) is 6.54 Å². The Balaban J connectivity index is 1.57. The summed E-state index contributed by atoms with van der Waals surface area (Å²) in [5, 5.41) is 8.97. The second kappa shape index (κ2) is 5.13. The lowest BCUT2D eigenvalue weighted by Crippen LogP contribution is -2.32. The number of sulfonamides is 1. The molecule has 1 aromatic carbocycles. The van der Waals surface area contributed by atoms with Gasteiger partial charge in [0.15, 0.2) is 0 Å². The second-order valence-electron chi connectivity index (χ2n) is 6.19. The first-order valence-corrected chi connectivity index (χ1v) is 8.84. The van der Waals surface area contributed by atoms with Gasteiger partial charge in [-0.3, -0.25) is 0 Å². The molecule has 3 rings (SSSR count). The standard InChI is InChI=1S/C15H21NO3S/c17-9-12-1-3-13(4-2-12)10-20(18,19)16-11-15(7-8-15)14-5-6-14/h1-4,14,16-17H,5-11H2. The minimum atomic E-state index is -3.27. The molecular formula is C15H21NO3S. The number of hydrogen-bond donors (Lipinski definition) is 2. The highest BCUT2D eigenvalue weighted by Crippen LogP contribution is 2.60. The van der Waals surface area contributed by atoms with Gasteiger partial charge in [0.25, 0.3) is 0 Å². The Morgan fingerprint density at radius 2 is 1.75 bits per heavy atom. The van der Waals surface area contributed by atoms with Gasteiger partial charge in [0.05, 0.1) is 12.4 Å². The summed E-state index contributed by atoms with van der Waals surface area (Å²) in [6, 6.07) is 7.05. The summed E-state index contributed by atoms with van der Waals surface area (Å²) in [6.07, 6.45) is 4.88. The quantitative estimate of drug-likeness (QED) is 0.806. The molecule has 2 aliphatic carbocycles. The fraction of sp³-hybridized carbons (Fsp3) is 0.600. The van der Waals surface area contributed by atoms with E-state index in [0.29, 0.717) is 6.54 Å². The zero-order chi connectivity index (χ0) is 14.2. The Morgan fingerprint density at radius 3 is 2.25 bits per heavy atom. The van der Waals surface area contributed by atoms with E-state index in [1.165, 1.54) is 25.7 Å². The Morgan fingerprint density at radius 1 is 1.15 bits per heavy atom. The number of benzene rings is 1. The monoisotopic (exact) mass is 295 g/mol. The molecule has 2 aliphatic rings. The number of aliphatic hydroxyl groups excluding tert-OH is 1. The van der Waals surface area contributed by atoms with Gasteiger partial charge in [-0.2, -0.15) is 0 Å². The SMILES string of the molecule is O=S(=O)(Cc1ccc(CO)cc1)NCC1(C2CC2)CC1. The van der Waals surface area contributed by atoms with Crippen LogP contribution in [0.4, 0.5) is 0 Å². The number of nitrogens with one attached hydrogen (secondary N) is 1. The third-order valence-electron chi connectivity index (χ3n) is 4.54. The van der Waals surface area contributed by atoms with Crippen LogP contribution in [0.15, 0.2) is 24.3 Å². The summed E-state index contributed by atoms with van der Waals surface area (Å²) in [4.78, 5) is 0. The zero-order valence-electron chi connectivity index (χ0n) is 11.5. The van der Waals surface area contributed by atoms with E-state index in [4.69, 9.17) is 5.11 Å². The summed E-state index contributed by atoms with van der Waals surface area (Å²) in [5.74, 6) is 0.772. The van der Waals surface area contributed by atoms with Crippen LogP contribution in [0.5, 0.6) is 0 Å². The summed E-state index contributed by atoms with van der Waals surface area (Å²) < 4.78 is 27.0. The Kier molecular flexibility index (Phi) is 3.60. The molecule has 1 aromatic rings. The average molecular weight is 295 g/mol. The average Bonchev–Trinajstić information content (AvgIpc) is 3.28. The lowest BCUT2D eigenvalue weighted by atomic mass is 10.0. The zero-order valence-corrected chi connectivity index (χ0v) is 12.3. The highest BCUT2D eigenvalue weighted by atomic mass is 32.2. The Bertz CT molecular complexity index is 572. The maximum atomic E-state index is 12.1. The van der Waals surface area contributed by atoms with E-state index >= 15 is 0 Å². The van der Waals surface area contributed by atoms with E-state index in [1.54, 1.807) is 24.3 Å². The lowest BCUT2D eigenvalue weighted by Gasteiger charge is -2.15. The van der Waals surface area contributed by atoms with Crippen molar-refractivity contribution in [3.8, 4) is 0 Å². The van der Waals surface area contributed by atoms with Crippen molar-refractivity contribution in [2.45, 2.75) is 38.0 Å². The largest absolute Gasteiger partial charge is 0.392 e. The molecule has 0 spiro atoms. The van der Waals surface area contributed by atoms with Crippen molar-refractivity contribution in [3.05, 3.63) is 35.4 Å². The van der Waals surface area contributed by atoms with Crippen LogP contribution >= 0.6 is 0 Å². The third kappa shape index (κ3) is 3.22. The van der Waals surface area contributed by atoms with Gasteiger partial charge in [-0.05, 0) is 48.1 Å². The Labute approximate surface area is 120 Å². The highest BCUT2D eigenvalue weighted by molar-refractivity contribution is 7.88. The van der Waals surface area contributed by atoms with E-state index < -0.39 is 10.0 Å². The minimum Gasteiger partial charge on any atom is -0.392 e. The van der Waals surface area contributed by atoms with Crippen LogP contribution in [0.3, 0.4) is 0 Å². The molecule has 2 saturated carbocycles. The van der Waals surface area contributed by atoms with Crippen LogP contribution in [-0.2, 0) is 22.4 Å². The van der Waals surface area contributed by atoms with Crippen LogP contribution in [0.25, 0.3) is 0 Å². The molecule has 110 valence electrons. The molecule has 0 unspecified atom stereocenters. The first kappa shape index (κ1) is 14.0. The van der Waals surface area contributed by atoms with E-state index in [-0.39, 0.29) is 17.8 Å². The first-order valence-electron chi connectivity index (χ1n) is 7.19. The molecule has 0 radical (unpaired) electrons. The van der Waals surface area contributed by atoms with E-state index in [0.717, 1.165) is 17.0 Å². The maximum absolute atomic E-state index is 12.1. The van der Waals surface area contributed by atoms with Crippen LogP contribution in [0, 0.1) is 11.3 Å². The van der Waals surface area contributed by atoms with Crippen molar-refractivity contribution < 1.29 is 13.5 Å². The van der Waals surface area contributed by atoms with Gasteiger partial charge < -0.3 is 5.11 Å². The fourth-order valence-electron chi connectivity index (χ4n) is 2.85. The maximum Gasteiger partial charge on any atom is 0.215 e. The topological polar surface area (TPSA) is 66.4 Å². The Hall–Kier alpha value is -0.910. The van der Waals surface area contributed by atoms with Crippen LogP contribution in [0.1, 0.15) is 36.8 Å². The molecule has 0 saturated heterocycles. The molecule has 2 N–H and O–H groups in total. The van der Waals surface area contributed by atoms with Crippen molar-refractivity contribution in [2.24, 2.45) is 11.3 Å². The van der Waals surface area contributed by atoms with Gasteiger partial charge in [-0.1, -0.05) is 24.3 Å². The van der Waals surface area contributed by atoms with Crippen molar-refractivity contribution in [1.29, 1.82) is 0 Å². The predicted octanol–water partition coefficient (Wildman–Crippen LogP) is 1.79. The predicted molar refractivity (Wildman–Crippen MR) is 77.4 cm³/mol. The van der Waals surface area contributed by atoms with Crippen molar-refractivity contribution in [3.63, 3.8) is 0 Å². The molecule has 0 atom stereocenters. The van der Waals surface area contributed by atoms with Crippen LogP contribution in [-0.4, -0.2) is 20.1 Å². The number of hydrogen-bond acceptors (Lipinski definition) is 3. The molecule has 0 heterocycles. The van der Waals surface area contributed by atoms with Gasteiger partial charge in [-0.15, -0.1) is 0 Å². The van der Waals surface area contributed by atoms with Gasteiger partial charge >= 0.3 is 0 Å². The molecule has 4 nitrogen and oxygen atoms in total. The molecule has 0 amide bonds. The van der Waals surface area contributed by atoms with E-state index in [1.807, 2.05) is 0 Å². The number of rotatable bonds is 7. The molecule has 2 fully saturated rings. The van der Waals surface area contributed by atoms with E-state index in [2.05, 4.69) is 4.72 Å². The molecule has 0 aromatic heterocycles. The van der Waals surface area contributed by atoms with Crippen LogP contribution < -0.4 is 4.72 Å². The van der Waals surface area contributed by atoms with Gasteiger partial charge in [0.1, 0.15) is 0 Å². The fourth-order valence-corrected chi connectivity index (χ4v) is 4.09. The van der Waals surface area contributed by atoms with Gasteiger partial charge in [0.2, 0.25) is 10.0 Å². The van der Waals surface area contributed by atoms with Crippen LogP contribution in [0.2, 0.25) is 0 Å². The lowest BCUT2D eigenvalue weighted by molar-refractivity contribution is 0.282. The minimum absolute atomic E-state index is 0.0133. The summed E-state index contributed by atoms with van der Waals surface area (Å²) in [6.45, 7) is 0.587. The molecule has 0 aliphatic heterocycles. The highest BCUT2D eigenvalue weighted by Gasteiger charge is 2.53.